The molecule has 0 unspecified atom stereocenters. The van der Waals surface area contributed by atoms with Crippen molar-refractivity contribution in [2.24, 2.45) is 5.41 Å². The number of carbonyl (C=O) groups is 3. The lowest BCUT2D eigenvalue weighted by Crippen LogP contribution is -2.48. The molecule has 7 nitrogen and oxygen atoms in total. The van der Waals surface area contributed by atoms with Gasteiger partial charge in [-0.2, -0.15) is 0 Å². The van der Waals surface area contributed by atoms with E-state index >= 15 is 0 Å². The molecule has 0 aliphatic heterocycles. The van der Waals surface area contributed by atoms with Crippen LogP contribution in [0.15, 0.2) is 0 Å². The van der Waals surface area contributed by atoms with Crippen LogP contribution in [-0.2, 0) is 14.3 Å². The predicted molar refractivity (Wildman–Crippen MR) is 66.5 cm³/mol. The molecule has 1 rings (SSSR count). The first-order valence-corrected chi connectivity index (χ1v) is 6.26. The van der Waals surface area contributed by atoms with E-state index in [1.54, 1.807) is 0 Å². The first kappa shape index (κ1) is 15.3. The number of aliphatic carboxylic acids is 1. The van der Waals surface area contributed by atoms with Crippen molar-refractivity contribution in [3.63, 3.8) is 0 Å². The average Bonchev–Trinajstić information content (AvgIpc) is 3.16. The number of nitrogens with one attached hydrogen (secondary N) is 2. The standard InChI is InChI=1S/C12H20N2O5/c1-3-12(4-5-12)7-13-11(18)14-8(10(16)17)6-9(15)19-2/h8H,3-7H2,1-2H3,(H,16,17)(H2,13,14,18)/t8-/m0/s1. The highest BCUT2D eigenvalue weighted by Gasteiger charge is 2.40. The highest BCUT2D eigenvalue weighted by molar-refractivity contribution is 5.86. The number of hydrogen-bond donors (Lipinski definition) is 3. The Morgan fingerprint density at radius 1 is 1.37 bits per heavy atom. The van der Waals surface area contributed by atoms with Crippen molar-refractivity contribution in [1.82, 2.24) is 10.6 Å². The normalized spacial score (nSPS) is 17.2. The number of esters is 1. The van der Waals surface area contributed by atoms with Crippen LogP contribution in [0.4, 0.5) is 4.79 Å². The summed E-state index contributed by atoms with van der Waals surface area (Å²) in [6, 6.07) is -1.85. The highest BCUT2D eigenvalue weighted by atomic mass is 16.5. The number of carboxylic acids is 1. The van der Waals surface area contributed by atoms with Gasteiger partial charge in [-0.15, -0.1) is 0 Å². The molecule has 0 radical (unpaired) electrons. The molecule has 2 amide bonds. The third-order valence-electron chi connectivity index (χ3n) is 3.53. The fourth-order valence-corrected chi connectivity index (χ4v) is 1.76. The molecule has 3 N–H and O–H groups in total. The quantitative estimate of drug-likeness (QED) is 0.585. The van der Waals surface area contributed by atoms with Crippen molar-refractivity contribution in [1.29, 1.82) is 0 Å². The molecular weight excluding hydrogens is 252 g/mol. The van der Waals surface area contributed by atoms with E-state index in [4.69, 9.17) is 5.11 Å². The van der Waals surface area contributed by atoms with Crippen molar-refractivity contribution >= 4 is 18.0 Å². The molecular formula is C12H20N2O5. The third-order valence-corrected chi connectivity index (χ3v) is 3.53. The second-order valence-electron chi connectivity index (χ2n) is 4.85. The zero-order valence-electron chi connectivity index (χ0n) is 11.2. The smallest absolute Gasteiger partial charge is 0.326 e. The molecule has 0 saturated heterocycles. The molecule has 1 fully saturated rings. The molecule has 1 aliphatic rings. The minimum Gasteiger partial charge on any atom is -0.480 e. The van der Waals surface area contributed by atoms with Gasteiger partial charge in [0, 0.05) is 6.54 Å². The number of methoxy groups -OCH3 is 1. The first-order valence-electron chi connectivity index (χ1n) is 6.26. The van der Waals surface area contributed by atoms with Crippen LogP contribution >= 0.6 is 0 Å². The summed E-state index contributed by atoms with van der Waals surface area (Å²) in [5.74, 6) is -1.95. The zero-order valence-corrected chi connectivity index (χ0v) is 11.2. The Morgan fingerprint density at radius 3 is 2.42 bits per heavy atom. The molecule has 19 heavy (non-hydrogen) atoms. The van der Waals surface area contributed by atoms with Gasteiger partial charge in [-0.1, -0.05) is 6.92 Å². The summed E-state index contributed by atoms with van der Waals surface area (Å²) < 4.78 is 4.38. The van der Waals surface area contributed by atoms with Crippen LogP contribution in [0, 0.1) is 5.41 Å². The number of carboxylic acid groups (broad SMARTS) is 1. The summed E-state index contributed by atoms with van der Waals surface area (Å²) >= 11 is 0. The number of amides is 2. The molecule has 1 saturated carbocycles. The van der Waals surface area contributed by atoms with E-state index in [2.05, 4.69) is 22.3 Å². The van der Waals surface area contributed by atoms with Crippen LogP contribution in [0.25, 0.3) is 0 Å². The lowest BCUT2D eigenvalue weighted by molar-refractivity contribution is -0.147. The van der Waals surface area contributed by atoms with E-state index in [0.29, 0.717) is 6.54 Å². The Morgan fingerprint density at radius 2 is 2.00 bits per heavy atom. The Kier molecular flexibility index (Phi) is 5.14. The van der Waals surface area contributed by atoms with Crippen molar-refractivity contribution in [3.8, 4) is 0 Å². The summed E-state index contributed by atoms with van der Waals surface area (Å²) in [6.45, 7) is 2.59. The molecule has 1 atom stereocenters. The van der Waals surface area contributed by atoms with Gasteiger partial charge in [0.2, 0.25) is 0 Å². The van der Waals surface area contributed by atoms with Gasteiger partial charge in [-0.3, -0.25) is 4.79 Å². The molecule has 0 spiro atoms. The van der Waals surface area contributed by atoms with Gasteiger partial charge in [-0.05, 0) is 24.7 Å². The number of carbonyl (C=O) groups excluding carboxylic acids is 2. The summed E-state index contributed by atoms with van der Waals surface area (Å²) in [6.07, 6.45) is 2.75. The Hall–Kier alpha value is -1.79. The lowest BCUT2D eigenvalue weighted by atomic mass is 10.0. The van der Waals surface area contributed by atoms with Gasteiger partial charge in [0.1, 0.15) is 6.04 Å². The van der Waals surface area contributed by atoms with Crippen LogP contribution < -0.4 is 10.6 Å². The van der Waals surface area contributed by atoms with Gasteiger partial charge in [0.05, 0.1) is 13.5 Å². The number of ether oxygens (including phenoxy) is 1. The van der Waals surface area contributed by atoms with Crippen LogP contribution in [0.2, 0.25) is 0 Å². The van der Waals surface area contributed by atoms with Crippen molar-refractivity contribution < 1.29 is 24.2 Å². The summed E-state index contributed by atoms with van der Waals surface area (Å²) in [4.78, 5) is 33.5. The number of rotatable bonds is 7. The van der Waals surface area contributed by atoms with E-state index in [1.807, 2.05) is 0 Å². The average molecular weight is 272 g/mol. The molecule has 7 heteroatoms. The number of urea groups is 1. The molecule has 108 valence electrons. The maximum Gasteiger partial charge on any atom is 0.326 e. The molecule has 0 aromatic rings. The fraction of sp³-hybridized carbons (Fsp3) is 0.750. The van der Waals surface area contributed by atoms with Crippen molar-refractivity contribution in [2.75, 3.05) is 13.7 Å². The SMILES string of the molecule is CCC1(CNC(=O)N[C@@H](CC(=O)OC)C(=O)O)CC1. The van der Waals surface area contributed by atoms with Crippen LogP contribution in [0.1, 0.15) is 32.6 Å². The predicted octanol–water partition coefficient (Wildman–Crippen LogP) is 0.492. The summed E-state index contributed by atoms with van der Waals surface area (Å²) in [5.41, 5.74) is 0.179. The van der Waals surface area contributed by atoms with E-state index in [-0.39, 0.29) is 5.41 Å². The van der Waals surface area contributed by atoms with Gasteiger partial charge >= 0.3 is 18.0 Å². The lowest BCUT2D eigenvalue weighted by Gasteiger charge is -2.17. The van der Waals surface area contributed by atoms with Gasteiger partial charge < -0.3 is 20.5 Å². The van der Waals surface area contributed by atoms with Crippen LogP contribution in [0.5, 0.6) is 0 Å². The van der Waals surface area contributed by atoms with Gasteiger partial charge in [-0.25, -0.2) is 9.59 Å². The summed E-state index contributed by atoms with van der Waals surface area (Å²) in [7, 11) is 1.17. The Balaban J connectivity index is 2.38. The minimum atomic E-state index is -1.27. The molecule has 0 aromatic carbocycles. The number of hydrogen-bond acceptors (Lipinski definition) is 4. The molecule has 0 heterocycles. The minimum absolute atomic E-state index is 0.179. The van der Waals surface area contributed by atoms with Gasteiger partial charge in [0.15, 0.2) is 0 Å². The summed E-state index contributed by atoms with van der Waals surface area (Å²) in [5, 5.41) is 13.8. The second-order valence-corrected chi connectivity index (χ2v) is 4.85. The maximum absolute atomic E-state index is 11.6. The largest absolute Gasteiger partial charge is 0.480 e. The van der Waals surface area contributed by atoms with Crippen LogP contribution in [-0.4, -0.2) is 42.8 Å². The third kappa shape index (κ3) is 4.76. The maximum atomic E-state index is 11.6. The molecule has 0 bridgehead atoms. The Bertz CT molecular complexity index is 365. The first-order chi connectivity index (χ1) is 8.92. The fourth-order valence-electron chi connectivity index (χ4n) is 1.76. The Labute approximate surface area is 111 Å². The van der Waals surface area contributed by atoms with E-state index in [0.717, 1.165) is 19.3 Å². The van der Waals surface area contributed by atoms with Gasteiger partial charge in [0.25, 0.3) is 0 Å². The van der Waals surface area contributed by atoms with Crippen molar-refractivity contribution in [2.45, 2.75) is 38.6 Å². The molecule has 0 aromatic heterocycles. The van der Waals surface area contributed by atoms with E-state index in [1.165, 1.54) is 7.11 Å². The molecule has 1 aliphatic carbocycles. The second kappa shape index (κ2) is 6.40. The monoisotopic (exact) mass is 272 g/mol. The van der Waals surface area contributed by atoms with Crippen molar-refractivity contribution in [3.05, 3.63) is 0 Å². The highest BCUT2D eigenvalue weighted by Crippen LogP contribution is 2.47. The van der Waals surface area contributed by atoms with Crippen LogP contribution in [0.3, 0.4) is 0 Å². The topological polar surface area (TPSA) is 105 Å². The zero-order chi connectivity index (χ0) is 14.5. The van der Waals surface area contributed by atoms with E-state index < -0.39 is 30.4 Å². The van der Waals surface area contributed by atoms with E-state index in [9.17, 15) is 14.4 Å².